The van der Waals surface area contributed by atoms with Crippen molar-refractivity contribution in [2.45, 2.75) is 171 Å². The summed E-state index contributed by atoms with van der Waals surface area (Å²) in [4.78, 5) is 0. The van der Waals surface area contributed by atoms with Crippen LogP contribution in [0.3, 0.4) is 0 Å². The largest absolute Gasteiger partial charge is 0.394 e. The molecule has 0 amide bonds. The molecule has 3 heterocycles. The lowest BCUT2D eigenvalue weighted by Gasteiger charge is -2.60. The normalized spacial score (nSPS) is 55.0. The van der Waals surface area contributed by atoms with Gasteiger partial charge >= 0.3 is 0 Å². The second-order valence-electron chi connectivity index (χ2n) is 18.5. The average molecular weight is 771 g/mol. The van der Waals surface area contributed by atoms with Gasteiger partial charge in [0, 0.05) is 31.3 Å². The van der Waals surface area contributed by atoms with Gasteiger partial charge in [0.25, 0.3) is 0 Å². The van der Waals surface area contributed by atoms with Gasteiger partial charge < -0.3 is 69.3 Å². The zero-order valence-corrected chi connectivity index (χ0v) is 32.6. The van der Waals surface area contributed by atoms with E-state index in [0.717, 1.165) is 37.7 Å². The van der Waals surface area contributed by atoms with Crippen LogP contribution in [0.15, 0.2) is 11.6 Å². The van der Waals surface area contributed by atoms with E-state index in [-0.39, 0.29) is 29.3 Å². The Kier molecular flexibility index (Phi) is 11.8. The molecule has 4 aliphatic carbocycles. The molecule has 310 valence electrons. The van der Waals surface area contributed by atoms with E-state index in [2.05, 4.69) is 33.8 Å². The molecule has 14 heteroatoms. The van der Waals surface area contributed by atoms with E-state index >= 15 is 0 Å². The van der Waals surface area contributed by atoms with E-state index in [1.54, 1.807) is 14.0 Å². The molecule has 0 unspecified atom stereocenters. The first-order valence-electron chi connectivity index (χ1n) is 20.4. The molecule has 3 saturated heterocycles. The molecule has 0 bridgehead atoms. The maximum absolute atomic E-state index is 11.0. The van der Waals surface area contributed by atoms with Crippen LogP contribution < -0.4 is 0 Å². The first kappa shape index (κ1) is 41.3. The molecule has 0 aromatic rings. The molecule has 0 aromatic heterocycles. The van der Waals surface area contributed by atoms with Crippen LogP contribution in [0.4, 0.5) is 0 Å². The summed E-state index contributed by atoms with van der Waals surface area (Å²) in [6, 6.07) is 0. The zero-order valence-electron chi connectivity index (χ0n) is 32.6. The maximum atomic E-state index is 11.0. The van der Waals surface area contributed by atoms with Crippen molar-refractivity contribution in [1.82, 2.24) is 0 Å². The van der Waals surface area contributed by atoms with Gasteiger partial charge in [0.05, 0.1) is 37.6 Å². The van der Waals surface area contributed by atoms with Gasteiger partial charge in [-0.1, -0.05) is 39.3 Å². The van der Waals surface area contributed by atoms with Crippen LogP contribution in [0.5, 0.6) is 0 Å². The Balaban J connectivity index is 1.03. The third-order valence-corrected chi connectivity index (χ3v) is 15.6. The van der Waals surface area contributed by atoms with Crippen LogP contribution in [-0.4, -0.2) is 147 Å². The lowest BCUT2D eigenvalue weighted by Crippen LogP contribution is -2.62. The van der Waals surface area contributed by atoms with E-state index in [0.29, 0.717) is 43.6 Å². The van der Waals surface area contributed by atoms with Crippen molar-refractivity contribution in [3.8, 4) is 0 Å². The monoisotopic (exact) mass is 770 g/mol. The van der Waals surface area contributed by atoms with Gasteiger partial charge in [-0.15, -0.1) is 0 Å². The Bertz CT molecular complexity index is 1350. The van der Waals surface area contributed by atoms with Crippen LogP contribution in [0.1, 0.15) is 86.0 Å². The van der Waals surface area contributed by atoms with Gasteiger partial charge in [-0.05, 0) is 80.5 Å². The Labute approximate surface area is 318 Å². The Morgan fingerprint density at radius 1 is 0.889 bits per heavy atom. The SMILES string of the molecule is CO[C@@]1(CC[C@@H](C)CO[C@@H]2O[C@@H](C)[C@H](O)[C@@H](O)[C@H]2O)O[C@H]2C[C@H]3[C@@H]4CC=C5C[C@@H](O)C[C@@H](O[C@@H]6O[C@H](CO)[C@H](O)[C@H](O)[C@H]6O)[C@]5(C)[C@H]4CC[C@]3(C)[C@H]2[C@@H]1C. The van der Waals surface area contributed by atoms with Crippen molar-refractivity contribution < 1.29 is 69.3 Å². The highest BCUT2D eigenvalue weighted by atomic mass is 16.7. The molecular formula is C40H66O14. The number of allylic oxidation sites excluding steroid dienone is 1. The van der Waals surface area contributed by atoms with E-state index in [4.69, 9.17) is 28.4 Å². The topological polar surface area (TPSA) is 217 Å². The van der Waals surface area contributed by atoms with E-state index in [9.17, 15) is 40.9 Å². The summed E-state index contributed by atoms with van der Waals surface area (Å²) >= 11 is 0. The van der Waals surface area contributed by atoms with Crippen molar-refractivity contribution in [3.05, 3.63) is 11.6 Å². The molecule has 0 radical (unpaired) electrons. The predicted octanol–water partition coefficient (Wildman–Crippen LogP) is 0.969. The summed E-state index contributed by atoms with van der Waals surface area (Å²) in [6.07, 6.45) is -5.10. The Hall–Kier alpha value is -0.820. The minimum absolute atomic E-state index is 0.0142. The Morgan fingerprint density at radius 2 is 1.59 bits per heavy atom. The minimum atomic E-state index is -1.54. The molecule has 7 aliphatic rings. The number of ether oxygens (including phenoxy) is 6. The zero-order chi connectivity index (χ0) is 39.1. The molecule has 8 N–H and O–H groups in total. The second-order valence-corrected chi connectivity index (χ2v) is 18.5. The molecule has 3 saturated carbocycles. The molecule has 3 aliphatic heterocycles. The van der Waals surface area contributed by atoms with Crippen molar-refractivity contribution in [2.24, 2.45) is 46.3 Å². The summed E-state index contributed by atoms with van der Waals surface area (Å²) in [7, 11) is 1.73. The fraction of sp³-hybridized carbons (Fsp3) is 0.950. The number of hydrogen-bond acceptors (Lipinski definition) is 14. The van der Waals surface area contributed by atoms with Gasteiger partial charge in [-0.25, -0.2) is 0 Å². The van der Waals surface area contributed by atoms with Gasteiger partial charge in [-0.2, -0.15) is 0 Å². The highest BCUT2D eigenvalue weighted by molar-refractivity contribution is 5.28. The molecule has 6 fully saturated rings. The fourth-order valence-corrected chi connectivity index (χ4v) is 12.5. The van der Waals surface area contributed by atoms with Crippen molar-refractivity contribution in [1.29, 1.82) is 0 Å². The summed E-state index contributed by atoms with van der Waals surface area (Å²) < 4.78 is 37.1. The summed E-state index contributed by atoms with van der Waals surface area (Å²) in [5.41, 5.74) is 0.725. The molecule has 14 nitrogen and oxygen atoms in total. The van der Waals surface area contributed by atoms with Crippen LogP contribution >= 0.6 is 0 Å². The van der Waals surface area contributed by atoms with Crippen molar-refractivity contribution in [2.75, 3.05) is 20.3 Å². The van der Waals surface area contributed by atoms with Crippen molar-refractivity contribution in [3.63, 3.8) is 0 Å². The number of rotatable bonds is 10. The van der Waals surface area contributed by atoms with Crippen LogP contribution in [-0.2, 0) is 28.4 Å². The van der Waals surface area contributed by atoms with E-state index in [1.165, 1.54) is 0 Å². The Morgan fingerprint density at radius 3 is 2.30 bits per heavy atom. The average Bonchev–Trinajstić information content (AvgIpc) is 3.60. The predicted molar refractivity (Wildman–Crippen MR) is 191 cm³/mol. The quantitative estimate of drug-likeness (QED) is 0.145. The highest BCUT2D eigenvalue weighted by Crippen LogP contribution is 2.70. The summed E-state index contributed by atoms with van der Waals surface area (Å²) in [5, 5.41) is 83.1. The van der Waals surface area contributed by atoms with Crippen LogP contribution in [0.2, 0.25) is 0 Å². The molecular weight excluding hydrogens is 704 g/mol. The maximum Gasteiger partial charge on any atom is 0.187 e. The first-order chi connectivity index (χ1) is 25.5. The number of aliphatic hydroxyl groups excluding tert-OH is 8. The van der Waals surface area contributed by atoms with Gasteiger partial charge in [0.15, 0.2) is 18.4 Å². The minimum Gasteiger partial charge on any atom is -0.394 e. The second kappa shape index (κ2) is 15.4. The lowest BCUT2D eigenvalue weighted by molar-refractivity contribution is -0.324. The smallest absolute Gasteiger partial charge is 0.187 e. The molecule has 54 heavy (non-hydrogen) atoms. The third-order valence-electron chi connectivity index (χ3n) is 15.6. The number of methoxy groups -OCH3 is 1. The highest BCUT2D eigenvalue weighted by Gasteiger charge is 2.69. The number of fused-ring (bicyclic) bond motifs is 7. The number of hydrogen-bond donors (Lipinski definition) is 8. The first-order valence-corrected chi connectivity index (χ1v) is 20.4. The van der Waals surface area contributed by atoms with Gasteiger partial charge in [0.2, 0.25) is 0 Å². The van der Waals surface area contributed by atoms with Gasteiger partial charge in [-0.3, -0.25) is 0 Å². The molecule has 22 atom stereocenters. The molecule has 0 spiro atoms. The summed E-state index contributed by atoms with van der Waals surface area (Å²) in [5.74, 6) is 0.748. The van der Waals surface area contributed by atoms with Crippen LogP contribution in [0.25, 0.3) is 0 Å². The van der Waals surface area contributed by atoms with Crippen LogP contribution in [0, 0.1) is 46.3 Å². The molecule has 7 rings (SSSR count). The van der Waals surface area contributed by atoms with Crippen molar-refractivity contribution >= 4 is 0 Å². The number of aliphatic hydroxyl groups is 8. The third kappa shape index (κ3) is 6.65. The summed E-state index contributed by atoms with van der Waals surface area (Å²) in [6.45, 7) is 10.4. The molecule has 0 aromatic carbocycles. The van der Waals surface area contributed by atoms with Gasteiger partial charge in [0.1, 0.15) is 42.7 Å². The van der Waals surface area contributed by atoms with E-state index in [1.807, 2.05) is 0 Å². The standard InChI is InChI=1S/C40H66O14/c1-18(17-50-36-34(47)32(45)30(43)20(3)51-36)9-12-40(49-6)19(2)29-26(54-40)15-25-23-8-7-21-13-22(42)14-28(39(21,5)24(23)10-11-38(25,29)4)53-37-35(48)33(46)31(44)27(16-41)52-37/h7,18-20,22-37,41-48H,8-17H2,1-6H3/t18-,19+,20+,22-,23-,24+,25+,26+,27-,28-,29+,30+,31+,32-,33+,34-,35-,36-,37+,38+,39+,40+/m1/s1. The fourth-order valence-electron chi connectivity index (χ4n) is 12.5. The lowest BCUT2D eigenvalue weighted by atomic mass is 9.46. The van der Waals surface area contributed by atoms with E-state index < -0.39 is 91.4 Å².